The predicted molar refractivity (Wildman–Crippen MR) is 141 cm³/mol. The van der Waals surface area contributed by atoms with E-state index in [1.807, 2.05) is 48.5 Å². The fourth-order valence-electron chi connectivity index (χ4n) is 3.67. The van der Waals surface area contributed by atoms with Gasteiger partial charge in [-0.2, -0.15) is 0 Å². The number of aliphatic imine (C=N–C) groups is 1. The Labute approximate surface area is 205 Å². The van der Waals surface area contributed by atoms with Gasteiger partial charge in [0.15, 0.2) is 16.7 Å². The van der Waals surface area contributed by atoms with E-state index in [1.54, 1.807) is 19.1 Å². The Kier molecular flexibility index (Phi) is 7.38. The molecule has 1 fully saturated rings. The SMILES string of the molecule is CCc1ccc(N=C2S/C(=C/c3ccc(OC)c(OC)c3)C(=O)N2c2ccc(CC)cc2)cc1. The second-order valence-electron chi connectivity index (χ2n) is 7.80. The number of hydrogen-bond acceptors (Lipinski definition) is 5. The summed E-state index contributed by atoms with van der Waals surface area (Å²) in [4.78, 5) is 20.7. The van der Waals surface area contributed by atoms with Gasteiger partial charge in [0, 0.05) is 0 Å². The van der Waals surface area contributed by atoms with Gasteiger partial charge in [-0.3, -0.25) is 9.69 Å². The van der Waals surface area contributed by atoms with Gasteiger partial charge in [-0.15, -0.1) is 0 Å². The third-order valence-corrected chi connectivity index (χ3v) is 6.65. The zero-order valence-electron chi connectivity index (χ0n) is 19.9. The van der Waals surface area contributed by atoms with Crippen molar-refractivity contribution in [3.05, 3.63) is 88.3 Å². The Balaban J connectivity index is 1.74. The number of anilines is 1. The van der Waals surface area contributed by atoms with Crippen molar-refractivity contribution >= 4 is 40.3 Å². The van der Waals surface area contributed by atoms with Crippen LogP contribution < -0.4 is 14.4 Å². The lowest BCUT2D eigenvalue weighted by molar-refractivity contribution is -0.113. The minimum absolute atomic E-state index is 0.104. The summed E-state index contributed by atoms with van der Waals surface area (Å²) in [5.41, 5.74) is 4.94. The number of benzene rings is 3. The Morgan fingerprint density at radius 3 is 2.06 bits per heavy atom. The molecule has 0 aromatic heterocycles. The van der Waals surface area contributed by atoms with Crippen LogP contribution in [0, 0.1) is 0 Å². The first-order valence-corrected chi connectivity index (χ1v) is 12.1. The summed E-state index contributed by atoms with van der Waals surface area (Å²) >= 11 is 1.37. The molecule has 0 saturated carbocycles. The van der Waals surface area contributed by atoms with Crippen LogP contribution in [0.25, 0.3) is 6.08 Å². The third kappa shape index (κ3) is 5.02. The maximum atomic E-state index is 13.5. The Bertz CT molecular complexity index is 1230. The molecule has 1 heterocycles. The number of carbonyl (C=O) groups is 1. The molecule has 0 N–H and O–H groups in total. The molecule has 5 nitrogen and oxygen atoms in total. The van der Waals surface area contributed by atoms with Gasteiger partial charge in [0.05, 0.1) is 30.5 Å². The average Bonchev–Trinajstić information content (AvgIpc) is 3.18. The van der Waals surface area contributed by atoms with Crippen LogP contribution in [0.3, 0.4) is 0 Å². The molecule has 0 bridgehead atoms. The lowest BCUT2D eigenvalue weighted by Gasteiger charge is -2.16. The Morgan fingerprint density at radius 2 is 1.47 bits per heavy atom. The quantitative estimate of drug-likeness (QED) is 0.362. The smallest absolute Gasteiger partial charge is 0.271 e. The van der Waals surface area contributed by atoms with E-state index < -0.39 is 0 Å². The van der Waals surface area contributed by atoms with Gasteiger partial charge in [0.2, 0.25) is 0 Å². The lowest BCUT2D eigenvalue weighted by atomic mass is 10.1. The molecular formula is C28H28N2O3S. The number of nitrogens with zero attached hydrogens (tertiary/aromatic N) is 2. The summed E-state index contributed by atoms with van der Waals surface area (Å²) in [5, 5.41) is 0.630. The minimum atomic E-state index is -0.104. The molecule has 1 aliphatic rings. The third-order valence-electron chi connectivity index (χ3n) is 5.68. The zero-order chi connectivity index (χ0) is 24.1. The first-order chi connectivity index (χ1) is 16.6. The number of thioether (sulfide) groups is 1. The normalized spacial score (nSPS) is 15.9. The van der Waals surface area contributed by atoms with Crippen LogP contribution in [0.2, 0.25) is 0 Å². The van der Waals surface area contributed by atoms with Gasteiger partial charge in [-0.25, -0.2) is 4.99 Å². The van der Waals surface area contributed by atoms with Crippen molar-refractivity contribution in [2.75, 3.05) is 19.1 Å². The molecule has 3 aromatic carbocycles. The highest BCUT2D eigenvalue weighted by Gasteiger charge is 2.34. The molecule has 0 radical (unpaired) electrons. The van der Waals surface area contributed by atoms with Crippen molar-refractivity contribution in [3.63, 3.8) is 0 Å². The van der Waals surface area contributed by atoms with Gasteiger partial charge in [-0.1, -0.05) is 44.2 Å². The fourth-order valence-corrected chi connectivity index (χ4v) is 4.67. The number of hydrogen-bond donors (Lipinski definition) is 0. The molecule has 1 amide bonds. The molecule has 0 atom stereocenters. The van der Waals surface area contributed by atoms with Crippen LogP contribution in [0.5, 0.6) is 11.5 Å². The molecule has 4 rings (SSSR count). The van der Waals surface area contributed by atoms with Crippen LogP contribution in [0.4, 0.5) is 11.4 Å². The van der Waals surface area contributed by atoms with Gasteiger partial charge in [0.25, 0.3) is 5.91 Å². The fraction of sp³-hybridized carbons (Fsp3) is 0.214. The van der Waals surface area contributed by atoms with Crippen LogP contribution in [-0.4, -0.2) is 25.3 Å². The Morgan fingerprint density at radius 1 is 0.853 bits per heavy atom. The topological polar surface area (TPSA) is 51.1 Å². The van der Waals surface area contributed by atoms with E-state index in [0.29, 0.717) is 21.6 Å². The van der Waals surface area contributed by atoms with Crippen molar-refractivity contribution in [2.24, 2.45) is 4.99 Å². The average molecular weight is 473 g/mol. The van der Waals surface area contributed by atoms with Crippen LogP contribution in [-0.2, 0) is 17.6 Å². The summed E-state index contributed by atoms with van der Waals surface area (Å²) in [5.74, 6) is 1.16. The second kappa shape index (κ2) is 10.6. The molecule has 34 heavy (non-hydrogen) atoms. The van der Waals surface area contributed by atoms with Crippen molar-refractivity contribution in [3.8, 4) is 11.5 Å². The van der Waals surface area contributed by atoms with Crippen molar-refractivity contribution < 1.29 is 14.3 Å². The first-order valence-electron chi connectivity index (χ1n) is 11.3. The molecule has 1 aliphatic heterocycles. The largest absolute Gasteiger partial charge is 0.493 e. The van der Waals surface area contributed by atoms with E-state index in [1.165, 1.54) is 22.9 Å². The summed E-state index contributed by atoms with van der Waals surface area (Å²) < 4.78 is 10.8. The van der Waals surface area contributed by atoms with E-state index in [4.69, 9.17) is 14.5 Å². The maximum absolute atomic E-state index is 13.5. The number of aryl methyl sites for hydroxylation is 2. The zero-order valence-corrected chi connectivity index (χ0v) is 20.7. The summed E-state index contributed by atoms with van der Waals surface area (Å²) in [6, 6.07) is 21.8. The Hall–Kier alpha value is -3.51. The number of ether oxygens (including phenoxy) is 2. The second-order valence-corrected chi connectivity index (χ2v) is 8.81. The first kappa shape index (κ1) is 23.6. The molecular weight excluding hydrogens is 444 g/mol. The highest BCUT2D eigenvalue weighted by molar-refractivity contribution is 8.19. The number of amides is 1. The van der Waals surface area contributed by atoms with Crippen molar-refractivity contribution in [1.82, 2.24) is 0 Å². The molecule has 174 valence electrons. The number of carbonyl (C=O) groups excluding carboxylic acids is 1. The highest BCUT2D eigenvalue weighted by atomic mass is 32.2. The van der Waals surface area contributed by atoms with E-state index in [9.17, 15) is 4.79 Å². The lowest BCUT2D eigenvalue weighted by Crippen LogP contribution is -2.28. The highest BCUT2D eigenvalue weighted by Crippen LogP contribution is 2.38. The van der Waals surface area contributed by atoms with Gasteiger partial charge >= 0.3 is 0 Å². The molecule has 0 unspecified atom stereocenters. The standard InChI is InChI=1S/C28H28N2O3S/c1-5-19-7-12-22(13-8-19)29-28-30(23-14-9-20(6-2)10-15-23)27(31)26(34-28)18-21-11-16-24(32-3)25(17-21)33-4/h7-18H,5-6H2,1-4H3/b26-18+,29-28?. The van der Waals surface area contributed by atoms with E-state index >= 15 is 0 Å². The number of methoxy groups -OCH3 is 2. The molecule has 0 aliphatic carbocycles. The minimum Gasteiger partial charge on any atom is -0.493 e. The summed E-state index contributed by atoms with van der Waals surface area (Å²) in [7, 11) is 3.20. The predicted octanol–water partition coefficient (Wildman–Crippen LogP) is 6.64. The van der Waals surface area contributed by atoms with Gasteiger partial charge < -0.3 is 9.47 Å². The maximum Gasteiger partial charge on any atom is 0.271 e. The van der Waals surface area contributed by atoms with Gasteiger partial charge in [-0.05, 0) is 83.8 Å². The monoisotopic (exact) mass is 472 g/mol. The van der Waals surface area contributed by atoms with Crippen molar-refractivity contribution in [2.45, 2.75) is 26.7 Å². The number of amidine groups is 1. The van der Waals surface area contributed by atoms with E-state index in [-0.39, 0.29) is 5.91 Å². The van der Waals surface area contributed by atoms with E-state index in [2.05, 4.69) is 38.1 Å². The molecule has 1 saturated heterocycles. The molecule has 6 heteroatoms. The molecule has 3 aromatic rings. The van der Waals surface area contributed by atoms with Gasteiger partial charge in [0.1, 0.15) is 0 Å². The number of rotatable bonds is 7. The van der Waals surface area contributed by atoms with Crippen LogP contribution in [0.15, 0.2) is 76.6 Å². The van der Waals surface area contributed by atoms with Crippen LogP contribution in [0.1, 0.15) is 30.5 Å². The summed E-state index contributed by atoms with van der Waals surface area (Å²) in [6.45, 7) is 4.24. The van der Waals surface area contributed by atoms with Crippen LogP contribution >= 0.6 is 11.8 Å². The molecule has 0 spiro atoms. The van der Waals surface area contributed by atoms with E-state index in [0.717, 1.165) is 29.8 Å². The summed E-state index contributed by atoms with van der Waals surface area (Å²) in [6.07, 6.45) is 3.78. The van der Waals surface area contributed by atoms with Crippen molar-refractivity contribution in [1.29, 1.82) is 0 Å².